The molecular weight excluding hydrogens is 217 g/mol. The van der Waals surface area contributed by atoms with E-state index in [-0.39, 0.29) is 44.2 Å². The molecule has 0 amide bonds. The van der Waals surface area contributed by atoms with E-state index in [0.29, 0.717) is 6.61 Å². The van der Waals surface area contributed by atoms with Gasteiger partial charge in [0.05, 0.1) is 12.7 Å². The molecule has 0 aliphatic carbocycles. The molecule has 0 rings (SSSR count). The molecule has 65 valence electrons. The van der Waals surface area contributed by atoms with Crippen LogP contribution in [0.15, 0.2) is 0 Å². The van der Waals surface area contributed by atoms with E-state index in [2.05, 4.69) is 20.8 Å². The molecule has 2 nitrogen and oxygen atoms in total. The Labute approximate surface area is 94.6 Å². The molecule has 0 aromatic carbocycles. The van der Waals surface area contributed by atoms with E-state index in [4.69, 9.17) is 4.74 Å². The Morgan fingerprint density at radius 1 is 1.36 bits per heavy atom. The molecule has 0 bridgehead atoms. The van der Waals surface area contributed by atoms with Crippen molar-refractivity contribution in [2.24, 2.45) is 5.41 Å². The smallest absolute Gasteiger partial charge is 0.0778 e. The predicted octanol–water partition coefficient (Wildman–Crippen LogP) is 1.43. The first-order valence-corrected chi connectivity index (χ1v) is 3.63. The summed E-state index contributed by atoms with van der Waals surface area (Å²) in [4.78, 5) is 0. The fourth-order valence-electron chi connectivity index (χ4n) is 0.958. The maximum absolute atomic E-state index is 9.26. The average molecular weight is 235 g/mol. The molecule has 0 heterocycles. The Balaban J connectivity index is 0. The van der Waals surface area contributed by atoms with Crippen LogP contribution in [0.4, 0.5) is 0 Å². The molecule has 0 saturated heterocycles. The molecule has 0 aromatic heterocycles. The van der Waals surface area contributed by atoms with Crippen LogP contribution in [0.5, 0.6) is 0 Å². The Kier molecular flexibility index (Phi) is 8.63. The number of rotatable bonds is 3. The first kappa shape index (κ1) is 14.5. The van der Waals surface area contributed by atoms with E-state index in [1.54, 1.807) is 7.11 Å². The van der Waals surface area contributed by atoms with Crippen molar-refractivity contribution < 1.29 is 42.6 Å². The Morgan fingerprint density at radius 3 is 2.09 bits per heavy atom. The molecule has 0 fully saturated rings. The minimum absolute atomic E-state index is 0. The van der Waals surface area contributed by atoms with Gasteiger partial charge in [0.1, 0.15) is 0 Å². The van der Waals surface area contributed by atoms with E-state index in [1.807, 2.05) is 0 Å². The summed E-state index contributed by atoms with van der Waals surface area (Å²) >= 11 is 0. The van der Waals surface area contributed by atoms with Crippen molar-refractivity contribution in [1.29, 1.82) is 0 Å². The van der Waals surface area contributed by atoms with Gasteiger partial charge in [0.2, 0.25) is 0 Å². The number of hydrogen-bond donors (Lipinski definition) is 1. The molecule has 0 aliphatic rings. The fraction of sp³-hybridized carbons (Fsp3) is 1.00. The zero-order valence-corrected chi connectivity index (χ0v) is 10.8. The minimum Gasteiger partial charge on any atom is -0.391 e. The van der Waals surface area contributed by atoms with Crippen molar-refractivity contribution in [1.82, 2.24) is 0 Å². The topological polar surface area (TPSA) is 29.5 Å². The van der Waals surface area contributed by atoms with Crippen LogP contribution < -0.4 is 0 Å². The third kappa shape index (κ3) is 11.0. The molecule has 0 saturated carbocycles. The van der Waals surface area contributed by atoms with E-state index >= 15 is 0 Å². The van der Waals surface area contributed by atoms with Gasteiger partial charge in [0.25, 0.3) is 0 Å². The molecule has 0 spiro atoms. The maximum atomic E-state index is 9.26. The van der Waals surface area contributed by atoms with Crippen LogP contribution in [0.2, 0.25) is 0 Å². The van der Waals surface area contributed by atoms with Crippen LogP contribution >= 0.6 is 0 Å². The van der Waals surface area contributed by atoms with E-state index < -0.39 is 0 Å². The number of ether oxygens (including phenoxy) is 1. The van der Waals surface area contributed by atoms with Gasteiger partial charge in [-0.3, -0.25) is 0 Å². The molecule has 0 aromatic rings. The molecule has 1 atom stereocenters. The van der Waals surface area contributed by atoms with Crippen LogP contribution in [-0.4, -0.2) is 24.9 Å². The molecule has 1 unspecified atom stereocenters. The van der Waals surface area contributed by atoms with Gasteiger partial charge in [0.15, 0.2) is 0 Å². The van der Waals surface area contributed by atoms with Crippen LogP contribution in [-0.2, 0) is 37.4 Å². The molecule has 1 N–H and O–H groups in total. The second-order valence-corrected chi connectivity index (χ2v) is 3.87. The summed E-state index contributed by atoms with van der Waals surface area (Å²) < 4.78 is 4.80. The van der Waals surface area contributed by atoms with Gasteiger partial charge in [-0.25, -0.2) is 0 Å². The molecule has 0 aliphatic heterocycles. The third-order valence-electron chi connectivity index (χ3n) is 1.21. The van der Waals surface area contributed by atoms with Gasteiger partial charge in [0, 0.05) is 39.8 Å². The average Bonchev–Trinajstić information content (AvgIpc) is 1.59. The summed E-state index contributed by atoms with van der Waals surface area (Å²) in [5, 5.41) is 9.26. The predicted molar refractivity (Wildman–Crippen MR) is 42.0 cm³/mol. The molecule has 3 heteroatoms. The monoisotopic (exact) mass is 235 g/mol. The van der Waals surface area contributed by atoms with E-state index in [9.17, 15) is 5.11 Å². The van der Waals surface area contributed by atoms with Crippen LogP contribution in [0, 0.1) is 5.41 Å². The summed E-state index contributed by atoms with van der Waals surface area (Å²) in [6.45, 7) is 6.75. The van der Waals surface area contributed by atoms with Crippen molar-refractivity contribution in [2.75, 3.05) is 13.7 Å². The second-order valence-electron chi connectivity index (χ2n) is 3.87. The summed E-state index contributed by atoms with van der Waals surface area (Å²) in [5.74, 6) is 0. The van der Waals surface area contributed by atoms with Crippen molar-refractivity contribution in [3.05, 3.63) is 0 Å². The van der Waals surface area contributed by atoms with Crippen molar-refractivity contribution in [2.45, 2.75) is 33.3 Å². The van der Waals surface area contributed by atoms with Crippen LogP contribution in [0.25, 0.3) is 0 Å². The maximum Gasteiger partial charge on any atom is 0.0778 e. The standard InChI is InChI=1S/C8H18O2.Y/c1-8(2,3)5-7(9)6-10-4;/h7,9H,5-6H2,1-4H3;. The molecular formula is C8H18O2Y. The van der Waals surface area contributed by atoms with Crippen molar-refractivity contribution >= 4 is 0 Å². The van der Waals surface area contributed by atoms with E-state index in [1.165, 1.54) is 0 Å². The van der Waals surface area contributed by atoms with Gasteiger partial charge in [-0.05, 0) is 11.8 Å². The zero-order valence-electron chi connectivity index (χ0n) is 7.92. The normalized spacial score (nSPS) is 13.9. The van der Waals surface area contributed by atoms with Gasteiger partial charge < -0.3 is 9.84 Å². The Morgan fingerprint density at radius 2 is 1.82 bits per heavy atom. The Hall–Kier alpha value is 1.02. The quantitative estimate of drug-likeness (QED) is 0.801. The van der Waals surface area contributed by atoms with Crippen molar-refractivity contribution in [3.8, 4) is 0 Å². The van der Waals surface area contributed by atoms with Crippen LogP contribution in [0.1, 0.15) is 27.2 Å². The molecule has 1 radical (unpaired) electrons. The Bertz CT molecular complexity index is 88.6. The van der Waals surface area contributed by atoms with Gasteiger partial charge in [-0.2, -0.15) is 0 Å². The van der Waals surface area contributed by atoms with Gasteiger partial charge in [-0.1, -0.05) is 20.8 Å². The number of hydrogen-bond acceptors (Lipinski definition) is 2. The summed E-state index contributed by atoms with van der Waals surface area (Å²) in [5.41, 5.74) is 0.192. The van der Waals surface area contributed by atoms with Gasteiger partial charge >= 0.3 is 0 Å². The number of aliphatic hydroxyl groups excluding tert-OH is 1. The first-order chi connectivity index (χ1) is 4.45. The van der Waals surface area contributed by atoms with Crippen molar-refractivity contribution in [3.63, 3.8) is 0 Å². The number of methoxy groups -OCH3 is 1. The third-order valence-corrected chi connectivity index (χ3v) is 1.21. The number of aliphatic hydroxyl groups is 1. The van der Waals surface area contributed by atoms with E-state index in [0.717, 1.165) is 6.42 Å². The molecule has 11 heavy (non-hydrogen) atoms. The summed E-state index contributed by atoms with van der Waals surface area (Å²) in [7, 11) is 1.60. The fourth-order valence-corrected chi connectivity index (χ4v) is 0.958. The van der Waals surface area contributed by atoms with Crippen LogP contribution in [0.3, 0.4) is 0 Å². The first-order valence-electron chi connectivity index (χ1n) is 3.63. The summed E-state index contributed by atoms with van der Waals surface area (Å²) in [6, 6.07) is 0. The summed E-state index contributed by atoms with van der Waals surface area (Å²) in [6.07, 6.45) is 0.478. The second kappa shape index (κ2) is 6.53. The van der Waals surface area contributed by atoms with Gasteiger partial charge in [-0.15, -0.1) is 0 Å². The SMILES string of the molecule is COCC(O)CC(C)(C)C.[Y]. The largest absolute Gasteiger partial charge is 0.391 e. The zero-order chi connectivity index (χ0) is 8.20. The minimum atomic E-state index is -0.315.